The fraction of sp³-hybridized carbons (Fsp3) is 0.864. The molecule has 8 heterocycles. The molecule has 4 bridgehead atoms. The maximum absolute atomic E-state index is 14.2. The van der Waals surface area contributed by atoms with Gasteiger partial charge in [0.1, 0.15) is 80.0 Å². The Labute approximate surface area is 584 Å². The minimum absolute atomic E-state index is 0. The number of nitrogens with zero attached hydrogens (tertiary/aromatic N) is 2. The van der Waals surface area contributed by atoms with Gasteiger partial charge in [-0.25, -0.2) is 0 Å². The number of rotatable bonds is 9. The second-order valence-corrected chi connectivity index (χ2v) is 28.3. The number of ether oxygens (including phenoxy) is 11. The molecular weight excluding hydrogens is 1320 g/mol. The standard InChI is InChI=1S/C34H56N2O12.C32H54N2O11.2V/c1-12-25-34(9,42)29-21(6)30(40)35-17(2)14-33(8,44-16-23(38)15-43-29)28(19(4)26(39)20(5)31(41)47-25)48-32-27(46-22(7)37)24(36(10)11)13-18(3)45-32;1-11-23-32(8,40)27-20(6)28(38)33-16(2)13-31(7,42-15-21(35)14-41-27)26(18(4)24(36)19(5)29(39)44-23)45-30-25(37)22(34(9)10)12-17(3)43-30;;/h17-21,24-25,27-29,32,42H,12-16H2,1-11H3,(H,35,40);16-20,22-23,25-27,30,37,40H,11-15H2,1-10H3,(H,33,38);;/t17-,18-,19+,20-,21-,24+,25-,27-,28-,29-,32+,33-,34-;16-,17-,18+,19-,20-,22+,23-,25-,26-,27-,30+,31-,32-;;/m11../s1. The number of aliphatic hydroxyl groups is 3. The van der Waals surface area contributed by atoms with E-state index in [0.29, 0.717) is 12.8 Å². The molecule has 26 atom stereocenters. The van der Waals surface area contributed by atoms with E-state index in [1.807, 2.05) is 51.8 Å². The van der Waals surface area contributed by atoms with Crippen LogP contribution in [-0.4, -0.2) is 253 Å². The summed E-state index contributed by atoms with van der Waals surface area (Å²) in [6, 6.07) is -1.77. The van der Waals surface area contributed by atoms with Crippen LogP contribution in [0.15, 0.2) is 0 Å². The minimum Gasteiger partial charge on any atom is -0.459 e. The zero-order chi connectivity index (χ0) is 70.3. The van der Waals surface area contributed by atoms with Crippen LogP contribution in [0.2, 0.25) is 0 Å². The van der Waals surface area contributed by atoms with Crippen LogP contribution in [0.1, 0.15) is 156 Å². The largest absolute Gasteiger partial charge is 0.459 e. The van der Waals surface area contributed by atoms with E-state index in [1.54, 1.807) is 69.2 Å². The first-order chi connectivity index (χ1) is 43.1. The maximum Gasteiger partial charge on any atom is 0.316 e. The number of carbonyl (C=O) groups is 9. The van der Waals surface area contributed by atoms with E-state index in [0.717, 1.165) is 0 Å². The van der Waals surface area contributed by atoms with Gasteiger partial charge < -0.3 is 87.9 Å². The topological polar surface area (TPSA) is 346 Å². The molecule has 2 radical (unpaired) electrons. The Morgan fingerprint density at radius 2 is 0.916 bits per heavy atom. The van der Waals surface area contributed by atoms with Crippen LogP contribution in [-0.2, 0) is 132 Å². The molecule has 2 amide bonds. The Morgan fingerprint density at radius 3 is 1.27 bits per heavy atom. The molecule has 0 saturated carbocycles. The van der Waals surface area contributed by atoms with Crippen LogP contribution in [0.4, 0.5) is 0 Å². The summed E-state index contributed by atoms with van der Waals surface area (Å²) < 4.78 is 67.2. The van der Waals surface area contributed by atoms with Crippen molar-refractivity contribution in [3.63, 3.8) is 0 Å². The van der Waals surface area contributed by atoms with E-state index in [4.69, 9.17) is 52.1 Å². The van der Waals surface area contributed by atoms with Crippen LogP contribution in [0.3, 0.4) is 0 Å². The molecule has 8 aliphatic heterocycles. The van der Waals surface area contributed by atoms with Gasteiger partial charge in [0.2, 0.25) is 11.8 Å². The second kappa shape index (κ2) is 35.8. The molecule has 0 aromatic heterocycles. The van der Waals surface area contributed by atoms with E-state index >= 15 is 0 Å². The van der Waals surface area contributed by atoms with Gasteiger partial charge in [-0.1, -0.05) is 41.5 Å². The number of nitrogens with one attached hydrogen (secondary N) is 2. The molecule has 8 rings (SSSR count). The molecule has 0 aliphatic carbocycles. The van der Waals surface area contributed by atoms with Gasteiger partial charge in [-0.3, -0.25) is 43.2 Å². The summed E-state index contributed by atoms with van der Waals surface area (Å²) in [7, 11) is 7.38. The summed E-state index contributed by atoms with van der Waals surface area (Å²) in [6.07, 6.45) is -10.6. The quantitative estimate of drug-likeness (QED) is 0.126. The zero-order valence-electron chi connectivity index (χ0n) is 59.6. The normalized spacial score (nSPS) is 42.6. The third-order valence-electron chi connectivity index (χ3n) is 19.6. The number of Topliss-reactive ketones (excluding diaryl/α,β-unsaturated/α-hetero) is 4. The first kappa shape index (κ1) is 85.9. The van der Waals surface area contributed by atoms with E-state index < -0.39 is 211 Å². The van der Waals surface area contributed by atoms with Gasteiger partial charge in [0, 0.05) is 74.0 Å². The molecule has 8 fully saturated rings. The van der Waals surface area contributed by atoms with Gasteiger partial charge in [-0.2, -0.15) is 0 Å². The SMILES string of the molecule is CC[C@H]1OC(=O)[C@H](C)C(=O)[C@H](C)[C@@H](O[C@@H]2O[C@H](C)C[C@H](N(C)C)[C@H]2O)[C@@]2(C)C[C@@H](C)NC(=O)[C@H](C)[C@@H](OCC(=O)CO2)[C@]1(C)O.CC[C@H]1OC(=O)[C@H](C)C(=O)[C@H](C)[C@@H](O[C@@H]2O[C@H](C)C[C@H](N(C)C)[C@H]2OC(C)=O)[C@@]2(C)C[C@@H](C)NC(=O)[C@H](C)[C@@H](OCC(=O)CO2)[C@]1(C)O.[V].[V]. The third-order valence-corrected chi connectivity index (χ3v) is 19.6. The van der Waals surface area contributed by atoms with E-state index in [9.17, 15) is 58.5 Å². The molecule has 0 unspecified atom stereocenters. The van der Waals surface area contributed by atoms with Gasteiger partial charge in [0.15, 0.2) is 41.8 Å². The number of esters is 3. The van der Waals surface area contributed by atoms with Crippen LogP contribution < -0.4 is 10.6 Å². The predicted molar refractivity (Wildman–Crippen MR) is 333 cm³/mol. The average molecular weight is 1430 g/mol. The third kappa shape index (κ3) is 20.9. The Balaban J connectivity index is 0.000000486. The Hall–Kier alpha value is -3.32. The number of fused-ring (bicyclic) bond motifs is 30. The van der Waals surface area contributed by atoms with Gasteiger partial charge in [0.25, 0.3) is 0 Å². The van der Waals surface area contributed by atoms with Crippen molar-refractivity contribution in [1.29, 1.82) is 0 Å². The molecule has 27 nitrogen and oxygen atoms in total. The number of carbonyl (C=O) groups excluding carboxylic acids is 9. The fourth-order valence-corrected chi connectivity index (χ4v) is 14.3. The van der Waals surface area contributed by atoms with Crippen LogP contribution in [0, 0.1) is 35.5 Å². The molecule has 542 valence electrons. The van der Waals surface area contributed by atoms with Crippen LogP contribution in [0.25, 0.3) is 0 Å². The number of hydrogen-bond acceptors (Lipinski definition) is 25. The predicted octanol–water partition coefficient (Wildman–Crippen LogP) is 2.56. The Morgan fingerprint density at radius 1 is 0.558 bits per heavy atom. The van der Waals surface area contributed by atoms with Gasteiger partial charge in [-0.15, -0.1) is 0 Å². The monoisotopic (exact) mass is 1430 g/mol. The van der Waals surface area contributed by atoms with Crippen molar-refractivity contribution in [2.45, 2.75) is 276 Å². The number of likely N-dealkylation sites (N-methyl/N-ethyl adjacent to an activating group) is 2. The molecule has 5 N–H and O–H groups in total. The van der Waals surface area contributed by atoms with Crippen LogP contribution in [0.5, 0.6) is 0 Å². The molecule has 0 spiro atoms. The van der Waals surface area contributed by atoms with Crippen molar-refractivity contribution in [1.82, 2.24) is 20.4 Å². The van der Waals surface area contributed by atoms with Gasteiger partial charge in [0.05, 0.1) is 53.5 Å². The molecule has 8 aliphatic rings. The molecule has 0 aromatic carbocycles. The Bertz CT molecular complexity index is 2640. The molecular formula is C66H110N4O23V2. The second-order valence-electron chi connectivity index (χ2n) is 28.3. The summed E-state index contributed by atoms with van der Waals surface area (Å²) in [5, 5.41) is 40.7. The minimum atomic E-state index is -1.92. The number of aliphatic hydroxyl groups excluding tert-OH is 1. The van der Waals surface area contributed by atoms with Gasteiger partial charge in [-0.05, 0) is 136 Å². The first-order valence-corrected chi connectivity index (χ1v) is 32.9. The van der Waals surface area contributed by atoms with Crippen molar-refractivity contribution in [3.05, 3.63) is 0 Å². The van der Waals surface area contributed by atoms with E-state index in [1.165, 1.54) is 34.6 Å². The number of amides is 2. The van der Waals surface area contributed by atoms with E-state index in [2.05, 4.69) is 10.6 Å². The summed E-state index contributed by atoms with van der Waals surface area (Å²) in [6.45, 7) is 25.3. The molecule has 8 saturated heterocycles. The van der Waals surface area contributed by atoms with Crippen molar-refractivity contribution < 1.29 is 148 Å². The van der Waals surface area contributed by atoms with Crippen molar-refractivity contribution >= 4 is 52.9 Å². The molecule has 29 heteroatoms. The smallest absolute Gasteiger partial charge is 0.316 e. The van der Waals surface area contributed by atoms with Crippen molar-refractivity contribution in [2.75, 3.05) is 54.6 Å². The summed E-state index contributed by atoms with van der Waals surface area (Å²) >= 11 is 0. The first-order valence-electron chi connectivity index (χ1n) is 32.9. The Kier molecular flexibility index (Phi) is 32.4. The average Bonchev–Trinajstić information content (AvgIpc) is 1.72. The molecule has 95 heavy (non-hydrogen) atoms. The zero-order valence-corrected chi connectivity index (χ0v) is 62.4. The number of ketones is 4. The summed E-state index contributed by atoms with van der Waals surface area (Å²) in [4.78, 5) is 125. The fourth-order valence-electron chi connectivity index (χ4n) is 14.3. The summed E-state index contributed by atoms with van der Waals surface area (Å²) in [5.74, 6) is -11.8. The number of hydrogen-bond donors (Lipinski definition) is 5. The maximum atomic E-state index is 14.2. The summed E-state index contributed by atoms with van der Waals surface area (Å²) in [5.41, 5.74) is -6.68. The van der Waals surface area contributed by atoms with Crippen LogP contribution >= 0.6 is 0 Å². The van der Waals surface area contributed by atoms with Crippen molar-refractivity contribution in [2.24, 2.45) is 35.5 Å². The van der Waals surface area contributed by atoms with E-state index in [-0.39, 0.29) is 87.1 Å². The van der Waals surface area contributed by atoms with Crippen molar-refractivity contribution in [3.8, 4) is 0 Å². The van der Waals surface area contributed by atoms with Gasteiger partial charge >= 0.3 is 17.9 Å². The molecule has 0 aromatic rings.